The molecule has 4 amide bonds. The molecule has 0 unspecified atom stereocenters. The van der Waals surface area contributed by atoms with Gasteiger partial charge in [0.1, 0.15) is 17.7 Å². The van der Waals surface area contributed by atoms with Gasteiger partial charge in [0, 0.05) is 31.7 Å². The van der Waals surface area contributed by atoms with Crippen LogP contribution in [0.3, 0.4) is 0 Å². The molecule has 0 bridgehead atoms. The highest BCUT2D eigenvalue weighted by Crippen LogP contribution is 2.26. The highest BCUT2D eigenvalue weighted by Gasteiger charge is 2.42. The molecule has 2 aromatic carbocycles. The number of rotatable bonds is 9. The van der Waals surface area contributed by atoms with Crippen molar-refractivity contribution < 1.29 is 32.3 Å². The van der Waals surface area contributed by atoms with Crippen molar-refractivity contribution in [3.63, 3.8) is 0 Å². The zero-order chi connectivity index (χ0) is 35.1. The Morgan fingerprint density at radius 1 is 0.979 bits per heavy atom. The molecule has 48 heavy (non-hydrogen) atoms. The average Bonchev–Trinajstić information content (AvgIpc) is 3.53. The van der Waals surface area contributed by atoms with Gasteiger partial charge < -0.3 is 20.3 Å². The van der Waals surface area contributed by atoms with E-state index in [1.807, 2.05) is 30.3 Å². The molecular formula is C34H46N6O7S. The van der Waals surface area contributed by atoms with Crippen LogP contribution in [0.25, 0.3) is 0 Å². The first kappa shape index (κ1) is 36.5. The molecule has 3 N–H and O–H groups in total. The van der Waals surface area contributed by atoms with Crippen molar-refractivity contribution >= 4 is 39.8 Å². The van der Waals surface area contributed by atoms with E-state index in [0.29, 0.717) is 50.9 Å². The molecule has 2 atom stereocenters. The summed E-state index contributed by atoms with van der Waals surface area (Å²) in [6.45, 7) is 6.28. The third-order valence-corrected chi connectivity index (χ3v) is 9.64. The van der Waals surface area contributed by atoms with Crippen molar-refractivity contribution in [1.82, 2.24) is 19.4 Å². The Hall–Kier alpha value is -4.30. The molecule has 0 spiro atoms. The number of alkyl carbamates (subject to hydrolysis) is 1. The number of likely N-dealkylation sites (tertiary alicyclic amines) is 2. The zero-order valence-corrected chi connectivity index (χ0v) is 28.8. The lowest BCUT2D eigenvalue weighted by atomic mass is 9.95. The van der Waals surface area contributed by atoms with Crippen molar-refractivity contribution in [2.75, 3.05) is 32.4 Å². The summed E-state index contributed by atoms with van der Waals surface area (Å²) in [6, 6.07) is 15.8. The van der Waals surface area contributed by atoms with E-state index in [1.165, 1.54) is 9.21 Å². The normalized spacial score (nSPS) is 18.4. The summed E-state index contributed by atoms with van der Waals surface area (Å²) in [6.07, 6.45) is 2.47. The molecule has 2 aromatic rings. The second kappa shape index (κ2) is 15.7. The Balaban J connectivity index is 1.55. The molecular weight excluding hydrogens is 636 g/mol. The van der Waals surface area contributed by atoms with Crippen LogP contribution in [0.1, 0.15) is 62.4 Å². The number of nitrogens with two attached hydrogens (primary N) is 1. The maximum atomic E-state index is 14.1. The topological polar surface area (TPSA) is 172 Å². The Labute approximate surface area is 282 Å². The van der Waals surface area contributed by atoms with E-state index in [2.05, 4.69) is 10.3 Å². The van der Waals surface area contributed by atoms with Crippen molar-refractivity contribution in [3.05, 3.63) is 71.8 Å². The predicted octanol–water partition coefficient (Wildman–Crippen LogP) is 2.77. The van der Waals surface area contributed by atoms with E-state index in [9.17, 15) is 27.6 Å². The van der Waals surface area contributed by atoms with E-state index in [4.69, 9.17) is 10.5 Å². The molecule has 0 saturated carbocycles. The quantitative estimate of drug-likeness (QED) is 0.300. The average molecular weight is 683 g/mol. The van der Waals surface area contributed by atoms with Crippen LogP contribution in [-0.4, -0.2) is 102 Å². The standard InChI is InChI=1S/C34H46N6O7S/c1-34(2,3)47-33(44)37-32(36-30(42)26-14-9-6-10-15-26)38-20-17-25(18-21-38)23-40(48(4,45)46)28(22-24-12-7-5-8-13-24)31(43)39-19-11-16-27(39)29(35)41/h5-10,12-15,25,27-28H,11,16-23H2,1-4H3,(H2,35,41)(H,36,37,42,44)/t27-,28+/m0/s1. The molecule has 2 fully saturated rings. The first-order valence-electron chi connectivity index (χ1n) is 16.2. The lowest BCUT2D eigenvalue weighted by Gasteiger charge is -2.38. The van der Waals surface area contributed by atoms with Crippen LogP contribution in [0.5, 0.6) is 0 Å². The molecule has 0 aromatic heterocycles. The van der Waals surface area contributed by atoms with Gasteiger partial charge in [0.15, 0.2) is 0 Å². The maximum Gasteiger partial charge on any atom is 0.414 e. The number of guanidine groups is 1. The number of sulfonamides is 1. The van der Waals surface area contributed by atoms with E-state index < -0.39 is 51.5 Å². The zero-order valence-electron chi connectivity index (χ0n) is 28.0. The molecule has 2 aliphatic rings. The van der Waals surface area contributed by atoms with Crippen molar-refractivity contribution in [2.45, 2.75) is 70.6 Å². The number of hydrogen-bond acceptors (Lipinski definition) is 7. The fourth-order valence-electron chi connectivity index (χ4n) is 6.06. The minimum atomic E-state index is -3.89. The number of primary amides is 1. The number of nitrogens with zero attached hydrogens (tertiary/aromatic N) is 4. The highest BCUT2D eigenvalue weighted by molar-refractivity contribution is 7.88. The number of piperidine rings is 1. The minimum Gasteiger partial charge on any atom is -0.444 e. The fourth-order valence-corrected chi connectivity index (χ4v) is 7.17. The summed E-state index contributed by atoms with van der Waals surface area (Å²) in [5.74, 6) is -1.70. The third kappa shape index (κ3) is 10.1. The largest absolute Gasteiger partial charge is 0.444 e. The van der Waals surface area contributed by atoms with E-state index in [0.717, 1.165) is 11.8 Å². The van der Waals surface area contributed by atoms with Gasteiger partial charge in [0.05, 0.1) is 6.26 Å². The third-order valence-electron chi connectivity index (χ3n) is 8.39. The number of carbonyl (C=O) groups excluding carboxylic acids is 4. The second-order valence-corrected chi connectivity index (χ2v) is 15.2. The van der Waals surface area contributed by atoms with E-state index in [-0.39, 0.29) is 24.8 Å². The number of amides is 4. The molecule has 2 saturated heterocycles. The van der Waals surface area contributed by atoms with Gasteiger partial charge in [-0.3, -0.25) is 19.7 Å². The number of ether oxygens (including phenoxy) is 1. The smallest absolute Gasteiger partial charge is 0.414 e. The summed E-state index contributed by atoms with van der Waals surface area (Å²) in [5, 5.41) is 2.63. The molecule has 2 heterocycles. The van der Waals surface area contributed by atoms with Gasteiger partial charge in [0.25, 0.3) is 5.91 Å². The van der Waals surface area contributed by atoms with Gasteiger partial charge >= 0.3 is 6.09 Å². The first-order chi connectivity index (χ1) is 22.6. The Bertz CT molecular complexity index is 1590. The monoisotopic (exact) mass is 682 g/mol. The number of nitrogens with one attached hydrogen (secondary N) is 1. The Morgan fingerprint density at radius 2 is 1.58 bits per heavy atom. The van der Waals surface area contributed by atoms with E-state index in [1.54, 1.807) is 56.0 Å². The molecule has 4 rings (SSSR count). The van der Waals surface area contributed by atoms with Crippen molar-refractivity contribution in [2.24, 2.45) is 16.6 Å². The van der Waals surface area contributed by atoms with Crippen LogP contribution >= 0.6 is 0 Å². The minimum absolute atomic E-state index is 0.0418. The van der Waals surface area contributed by atoms with Crippen LogP contribution < -0.4 is 11.1 Å². The van der Waals surface area contributed by atoms with Crippen LogP contribution in [0.2, 0.25) is 0 Å². The molecule has 2 aliphatic heterocycles. The van der Waals surface area contributed by atoms with Gasteiger partial charge in [-0.25, -0.2) is 13.2 Å². The van der Waals surface area contributed by atoms with Crippen LogP contribution in [0.4, 0.5) is 4.79 Å². The maximum absolute atomic E-state index is 14.1. The first-order valence-corrected chi connectivity index (χ1v) is 18.0. The summed E-state index contributed by atoms with van der Waals surface area (Å²) < 4.78 is 33.4. The van der Waals surface area contributed by atoms with Crippen molar-refractivity contribution in [1.29, 1.82) is 0 Å². The SMILES string of the molecule is CC(C)(C)OC(=O)NC(=NC(=O)c1ccccc1)N1CCC(CN([C@H](Cc2ccccc2)C(=O)N2CCC[C@H]2C(N)=O)S(C)(=O)=O)CC1. The van der Waals surface area contributed by atoms with Crippen molar-refractivity contribution in [3.8, 4) is 0 Å². The van der Waals surface area contributed by atoms with Gasteiger partial charge in [-0.2, -0.15) is 9.30 Å². The van der Waals surface area contributed by atoms with Gasteiger partial charge in [-0.15, -0.1) is 0 Å². The molecule has 13 nitrogen and oxygen atoms in total. The predicted molar refractivity (Wildman–Crippen MR) is 181 cm³/mol. The summed E-state index contributed by atoms with van der Waals surface area (Å²) in [5.41, 5.74) is 5.98. The highest BCUT2D eigenvalue weighted by atomic mass is 32.2. The lowest BCUT2D eigenvalue weighted by molar-refractivity contribution is -0.140. The Kier molecular flexibility index (Phi) is 12.0. The summed E-state index contributed by atoms with van der Waals surface area (Å²) >= 11 is 0. The molecule has 260 valence electrons. The Morgan fingerprint density at radius 3 is 2.15 bits per heavy atom. The number of hydrogen-bond donors (Lipinski definition) is 2. The number of aliphatic imine (C=N–C) groups is 1. The fraction of sp³-hybridized carbons (Fsp3) is 0.500. The van der Waals surface area contributed by atoms with Gasteiger partial charge in [0.2, 0.25) is 27.8 Å². The summed E-state index contributed by atoms with van der Waals surface area (Å²) in [7, 11) is -3.89. The van der Waals surface area contributed by atoms with Crippen LogP contribution in [0, 0.1) is 5.92 Å². The van der Waals surface area contributed by atoms with Crippen LogP contribution in [-0.2, 0) is 30.8 Å². The summed E-state index contributed by atoms with van der Waals surface area (Å²) in [4.78, 5) is 59.4. The second-order valence-electron chi connectivity index (χ2n) is 13.3. The van der Waals surface area contributed by atoms with Gasteiger partial charge in [-0.05, 0) is 76.5 Å². The van der Waals surface area contributed by atoms with E-state index >= 15 is 0 Å². The molecule has 0 radical (unpaired) electrons. The molecule has 14 heteroatoms. The lowest BCUT2D eigenvalue weighted by Crippen LogP contribution is -2.56. The number of benzene rings is 2. The number of carbonyl (C=O) groups is 4. The van der Waals surface area contributed by atoms with Crippen LogP contribution in [0.15, 0.2) is 65.7 Å². The molecule has 0 aliphatic carbocycles. The van der Waals surface area contributed by atoms with Gasteiger partial charge in [-0.1, -0.05) is 48.5 Å².